The molecule has 0 unspecified atom stereocenters. The monoisotopic (exact) mass is 344 g/mol. The van der Waals surface area contributed by atoms with Crippen LogP contribution in [0.1, 0.15) is 25.0 Å². The minimum absolute atomic E-state index is 0.133. The molecule has 5 nitrogen and oxygen atoms in total. The molecule has 0 bridgehead atoms. The number of aromatic nitrogens is 3. The van der Waals surface area contributed by atoms with Crippen LogP contribution in [0.15, 0.2) is 66.7 Å². The van der Waals surface area contributed by atoms with Gasteiger partial charge in [0.2, 0.25) is 0 Å². The Labute approximate surface area is 151 Å². The zero-order valence-electron chi connectivity index (χ0n) is 14.7. The van der Waals surface area contributed by atoms with Gasteiger partial charge >= 0.3 is 0 Å². The summed E-state index contributed by atoms with van der Waals surface area (Å²) in [5, 5.41) is 20.0. The summed E-state index contributed by atoms with van der Waals surface area (Å²) in [5.41, 5.74) is 10.1. The Kier molecular flexibility index (Phi) is 3.65. The molecule has 0 radical (unpaired) electrons. The largest absolute Gasteiger partial charge is 0.505 e. The second kappa shape index (κ2) is 5.88. The maximum atomic E-state index is 11.0. The average molecular weight is 344 g/mol. The molecule has 3 N–H and O–H groups in total. The van der Waals surface area contributed by atoms with Gasteiger partial charge in [-0.05, 0) is 29.8 Å². The Balaban J connectivity index is 1.91. The van der Waals surface area contributed by atoms with E-state index in [0.29, 0.717) is 11.4 Å². The number of nitrogens with two attached hydrogens (primary N) is 1. The molecule has 0 aliphatic heterocycles. The number of benzene rings is 3. The molecule has 0 fully saturated rings. The number of nitrogen functional groups attached to an aromatic ring is 1. The van der Waals surface area contributed by atoms with Gasteiger partial charge in [0.15, 0.2) is 0 Å². The molecule has 4 rings (SSSR count). The van der Waals surface area contributed by atoms with Crippen LogP contribution in [0.3, 0.4) is 0 Å². The fraction of sp³-hybridized carbons (Fsp3) is 0.143. The third-order valence-corrected chi connectivity index (χ3v) is 4.78. The third-order valence-electron chi connectivity index (χ3n) is 4.78. The van der Waals surface area contributed by atoms with Crippen LogP contribution < -0.4 is 5.73 Å². The van der Waals surface area contributed by atoms with Crippen LogP contribution in [0.5, 0.6) is 5.75 Å². The number of rotatable bonds is 3. The standard InChI is InChI=1S/C21H20N4O/c1-21(2,14-8-4-3-5-9-14)16-12-15(22)13-19(20(16)26)25-23-17-10-6-7-11-18(17)24-25/h3-13,26H,22H2,1-2H3. The second-order valence-corrected chi connectivity index (χ2v) is 6.91. The molecule has 0 amide bonds. The highest BCUT2D eigenvalue weighted by molar-refractivity contribution is 5.74. The van der Waals surface area contributed by atoms with E-state index in [-0.39, 0.29) is 5.75 Å². The van der Waals surface area contributed by atoms with Crippen molar-refractivity contribution in [2.45, 2.75) is 19.3 Å². The van der Waals surface area contributed by atoms with Crippen molar-refractivity contribution in [1.29, 1.82) is 0 Å². The molecule has 0 spiro atoms. The van der Waals surface area contributed by atoms with E-state index in [0.717, 1.165) is 22.2 Å². The Morgan fingerprint density at radius 3 is 2.08 bits per heavy atom. The second-order valence-electron chi connectivity index (χ2n) is 6.91. The number of hydrogen-bond acceptors (Lipinski definition) is 4. The molecule has 1 aromatic heterocycles. The van der Waals surface area contributed by atoms with Gasteiger partial charge in [0, 0.05) is 16.7 Å². The topological polar surface area (TPSA) is 77.0 Å². The fourth-order valence-electron chi connectivity index (χ4n) is 3.25. The molecule has 0 atom stereocenters. The number of nitrogens with zero attached hydrogens (tertiary/aromatic N) is 3. The van der Waals surface area contributed by atoms with E-state index in [2.05, 4.69) is 24.0 Å². The molecule has 0 saturated carbocycles. The van der Waals surface area contributed by atoms with Crippen LogP contribution in [-0.2, 0) is 5.41 Å². The summed E-state index contributed by atoms with van der Waals surface area (Å²) in [6.07, 6.45) is 0. The number of hydrogen-bond donors (Lipinski definition) is 2. The van der Waals surface area contributed by atoms with Crippen molar-refractivity contribution in [3.8, 4) is 11.4 Å². The number of phenols is 1. The van der Waals surface area contributed by atoms with E-state index in [4.69, 9.17) is 5.73 Å². The van der Waals surface area contributed by atoms with E-state index >= 15 is 0 Å². The Hall–Kier alpha value is -3.34. The Bertz CT molecular complexity index is 1050. The lowest BCUT2D eigenvalue weighted by molar-refractivity contribution is 0.446. The van der Waals surface area contributed by atoms with Gasteiger partial charge in [-0.15, -0.1) is 15.0 Å². The predicted octanol–water partition coefficient (Wildman–Crippen LogP) is 4.03. The number of fused-ring (bicyclic) bond motifs is 1. The molecule has 3 aromatic carbocycles. The van der Waals surface area contributed by atoms with Gasteiger partial charge in [0.05, 0.1) is 0 Å². The maximum absolute atomic E-state index is 11.0. The molecule has 0 aliphatic rings. The maximum Gasteiger partial charge on any atom is 0.147 e. The molecular formula is C21H20N4O. The quantitative estimate of drug-likeness (QED) is 0.434. The van der Waals surface area contributed by atoms with Gasteiger partial charge in [-0.3, -0.25) is 0 Å². The van der Waals surface area contributed by atoms with Crippen LogP contribution >= 0.6 is 0 Å². The summed E-state index contributed by atoms with van der Waals surface area (Å²) >= 11 is 0. The summed E-state index contributed by atoms with van der Waals surface area (Å²) in [6, 6.07) is 21.1. The highest BCUT2D eigenvalue weighted by atomic mass is 16.3. The smallest absolute Gasteiger partial charge is 0.147 e. The highest BCUT2D eigenvalue weighted by Crippen LogP contribution is 2.40. The number of anilines is 1. The van der Waals surface area contributed by atoms with Crippen LogP contribution in [0, 0.1) is 0 Å². The number of aromatic hydroxyl groups is 1. The van der Waals surface area contributed by atoms with Crippen LogP contribution in [0.25, 0.3) is 16.7 Å². The molecular weight excluding hydrogens is 324 g/mol. The van der Waals surface area contributed by atoms with Gasteiger partial charge in [-0.2, -0.15) is 0 Å². The third kappa shape index (κ3) is 2.58. The van der Waals surface area contributed by atoms with E-state index in [1.807, 2.05) is 60.7 Å². The SMILES string of the molecule is CC(C)(c1ccccc1)c1cc(N)cc(-n2nc3ccccc3n2)c1O. The van der Waals surface area contributed by atoms with Gasteiger partial charge in [-0.1, -0.05) is 56.3 Å². The van der Waals surface area contributed by atoms with Crippen molar-refractivity contribution in [1.82, 2.24) is 15.0 Å². The van der Waals surface area contributed by atoms with Crippen molar-refractivity contribution in [2.75, 3.05) is 5.73 Å². The normalized spacial score (nSPS) is 11.8. The molecule has 26 heavy (non-hydrogen) atoms. The minimum atomic E-state index is -0.429. The fourth-order valence-corrected chi connectivity index (χ4v) is 3.25. The van der Waals surface area contributed by atoms with Gasteiger partial charge in [-0.25, -0.2) is 0 Å². The summed E-state index contributed by atoms with van der Waals surface area (Å²) in [7, 11) is 0. The van der Waals surface area contributed by atoms with Gasteiger partial charge < -0.3 is 10.8 Å². The first kappa shape index (κ1) is 16.1. The molecule has 5 heteroatoms. The van der Waals surface area contributed by atoms with E-state index in [9.17, 15) is 5.11 Å². The summed E-state index contributed by atoms with van der Waals surface area (Å²) < 4.78 is 0. The van der Waals surface area contributed by atoms with Crippen molar-refractivity contribution in [3.63, 3.8) is 0 Å². The molecule has 1 heterocycles. The van der Waals surface area contributed by atoms with Crippen molar-refractivity contribution >= 4 is 16.7 Å². The molecule has 130 valence electrons. The lowest BCUT2D eigenvalue weighted by atomic mass is 9.77. The van der Waals surface area contributed by atoms with E-state index in [1.165, 1.54) is 4.80 Å². The first-order valence-corrected chi connectivity index (χ1v) is 8.48. The van der Waals surface area contributed by atoms with Crippen molar-refractivity contribution in [2.24, 2.45) is 0 Å². The van der Waals surface area contributed by atoms with Crippen LogP contribution in [0.4, 0.5) is 5.69 Å². The summed E-state index contributed by atoms with van der Waals surface area (Å²) in [6.45, 7) is 4.13. The lowest BCUT2D eigenvalue weighted by Gasteiger charge is -2.28. The zero-order valence-corrected chi connectivity index (χ0v) is 14.7. The summed E-state index contributed by atoms with van der Waals surface area (Å²) in [4.78, 5) is 1.45. The Morgan fingerprint density at radius 1 is 0.885 bits per heavy atom. The highest BCUT2D eigenvalue weighted by Gasteiger charge is 2.28. The first-order chi connectivity index (χ1) is 12.5. The van der Waals surface area contributed by atoms with Crippen LogP contribution in [0.2, 0.25) is 0 Å². The van der Waals surface area contributed by atoms with Crippen LogP contribution in [-0.4, -0.2) is 20.1 Å². The summed E-state index contributed by atoms with van der Waals surface area (Å²) in [5.74, 6) is 0.133. The average Bonchev–Trinajstić information content (AvgIpc) is 3.08. The minimum Gasteiger partial charge on any atom is -0.505 e. The van der Waals surface area contributed by atoms with Gasteiger partial charge in [0.1, 0.15) is 22.5 Å². The van der Waals surface area contributed by atoms with Crippen molar-refractivity contribution in [3.05, 3.63) is 77.9 Å². The number of phenolic OH excluding ortho intramolecular Hbond substituents is 1. The van der Waals surface area contributed by atoms with E-state index < -0.39 is 5.41 Å². The zero-order chi connectivity index (χ0) is 18.3. The Morgan fingerprint density at radius 2 is 1.46 bits per heavy atom. The van der Waals surface area contributed by atoms with Gasteiger partial charge in [0.25, 0.3) is 0 Å². The van der Waals surface area contributed by atoms with Crippen molar-refractivity contribution < 1.29 is 5.11 Å². The van der Waals surface area contributed by atoms with E-state index in [1.54, 1.807) is 6.07 Å². The molecule has 4 aromatic rings. The molecule has 0 aliphatic carbocycles. The predicted molar refractivity (Wildman–Crippen MR) is 104 cm³/mol. The lowest BCUT2D eigenvalue weighted by Crippen LogP contribution is -2.20. The first-order valence-electron chi connectivity index (χ1n) is 8.48. The molecule has 0 saturated heterocycles.